The fourth-order valence-electron chi connectivity index (χ4n) is 14.4. The van der Waals surface area contributed by atoms with E-state index >= 15 is 28.8 Å². The van der Waals surface area contributed by atoms with Crippen molar-refractivity contribution < 1.29 is 74.3 Å². The first-order valence-corrected chi connectivity index (χ1v) is 42.6. The van der Waals surface area contributed by atoms with E-state index in [1.54, 1.807) is 143 Å². The number of amides is 10. The molecule has 2 saturated heterocycles. The molecule has 34 nitrogen and oxygen atoms in total. The summed E-state index contributed by atoms with van der Waals surface area (Å²) in [4.78, 5) is 151. The minimum absolute atomic E-state index is 0.103. The van der Waals surface area contributed by atoms with Crippen molar-refractivity contribution in [1.82, 2.24) is 91.8 Å². The molecule has 0 saturated carbocycles. The van der Waals surface area contributed by atoms with E-state index in [9.17, 15) is 36.0 Å². The van der Waals surface area contributed by atoms with Gasteiger partial charge in [-0.1, -0.05) is 161 Å². The highest BCUT2D eigenvalue weighted by Crippen LogP contribution is 2.35. The lowest BCUT2D eigenvalue weighted by Crippen LogP contribution is -2.61. The summed E-state index contributed by atoms with van der Waals surface area (Å²) in [7, 11) is -5.29. The zero-order valence-electron chi connectivity index (χ0n) is 67.8. The van der Waals surface area contributed by atoms with E-state index in [-0.39, 0.29) is 76.3 Å². The molecule has 118 heavy (non-hydrogen) atoms. The molecule has 0 aliphatic carbocycles. The molecule has 6 aromatic carbocycles. The topological polar surface area (TPSA) is 446 Å². The van der Waals surface area contributed by atoms with Gasteiger partial charge in [-0.2, -0.15) is 0 Å². The molecule has 36 heteroatoms. The fourth-order valence-corrected chi connectivity index (χ4v) is 15.4. The van der Waals surface area contributed by atoms with Gasteiger partial charge in [-0.05, 0) is 107 Å². The van der Waals surface area contributed by atoms with Crippen LogP contribution < -0.4 is 61.5 Å². The van der Waals surface area contributed by atoms with E-state index in [2.05, 4.69) is 63.2 Å². The van der Waals surface area contributed by atoms with Crippen LogP contribution in [0.1, 0.15) is 114 Å². The Morgan fingerprint density at radius 3 is 1.19 bits per heavy atom. The number of likely N-dealkylation sites (tertiary alicyclic amines) is 2. The minimum atomic E-state index is -4.24. The number of hydrogen-bond acceptors (Lipinski definition) is 22. The Kier molecular flexibility index (Phi) is 27.2. The number of aromatic nitrogens is 6. The lowest BCUT2D eigenvalue weighted by Gasteiger charge is -2.36. The highest BCUT2D eigenvalue weighted by Gasteiger charge is 2.49. The number of likely N-dealkylation sites (N-methyl/N-ethyl adjacent to an activating group) is 2. The number of nitrogens with one attached hydrogen (secondary N) is 10. The first-order valence-electron chi connectivity index (χ1n) is 38.8. The van der Waals surface area contributed by atoms with Gasteiger partial charge in [-0.15, -0.1) is 10.2 Å². The van der Waals surface area contributed by atoms with Crippen molar-refractivity contribution in [2.24, 2.45) is 10.8 Å². The van der Waals surface area contributed by atoms with Crippen LogP contribution in [-0.4, -0.2) is 216 Å². The second-order valence-corrected chi connectivity index (χ2v) is 36.1. The molecule has 6 aliphatic rings. The largest absolute Gasteiger partial charge is 0.487 e. The predicted octanol–water partition coefficient (Wildman–Crippen LogP) is 2.27. The Hall–Kier alpha value is -11.8. The van der Waals surface area contributed by atoms with Crippen molar-refractivity contribution in [3.8, 4) is 11.5 Å². The van der Waals surface area contributed by atoms with Crippen LogP contribution in [0.2, 0.25) is 0 Å². The molecular weight excluding hydrogens is 1560 g/mol. The molecule has 10 amide bonds. The molecule has 8 aromatic rings. The molecule has 12 bridgehead atoms. The Balaban J connectivity index is 0.961. The van der Waals surface area contributed by atoms with E-state index in [0.717, 1.165) is 34.1 Å². The maximum absolute atomic E-state index is 15.5. The number of carbonyl (C=O) groups is 10. The highest BCUT2D eigenvalue weighted by atomic mass is 32.2. The zero-order valence-corrected chi connectivity index (χ0v) is 69.4. The minimum Gasteiger partial charge on any atom is -0.487 e. The number of rotatable bonds is 16. The Bertz CT molecular complexity index is 4980. The quantitative estimate of drug-likeness (QED) is 0.0663. The molecule has 0 radical (unpaired) electrons. The normalized spacial score (nSPS) is 21.2. The smallest absolute Gasteiger partial charge is 0.256 e. The van der Waals surface area contributed by atoms with Crippen LogP contribution >= 0.6 is 0 Å². The van der Waals surface area contributed by atoms with E-state index in [4.69, 9.17) is 9.47 Å². The van der Waals surface area contributed by atoms with Gasteiger partial charge in [0.1, 0.15) is 84.4 Å². The van der Waals surface area contributed by atoms with Gasteiger partial charge in [0, 0.05) is 51.6 Å². The average molecular weight is 1660 g/mol. The van der Waals surface area contributed by atoms with Crippen LogP contribution in [0.15, 0.2) is 146 Å². The maximum Gasteiger partial charge on any atom is 0.256 e. The van der Waals surface area contributed by atoms with Gasteiger partial charge in [0.2, 0.25) is 67.3 Å². The molecule has 0 spiro atoms. The molecular formula is C82H102N18O16S2. The van der Waals surface area contributed by atoms with Crippen LogP contribution in [0.4, 0.5) is 0 Å². The average Bonchev–Trinajstić information content (AvgIpc) is 1.62. The lowest BCUT2D eigenvalue weighted by molar-refractivity contribution is -0.144. The summed E-state index contributed by atoms with van der Waals surface area (Å²) >= 11 is 0. The van der Waals surface area contributed by atoms with Crippen molar-refractivity contribution in [3.63, 3.8) is 0 Å². The maximum atomic E-state index is 15.5. The summed E-state index contributed by atoms with van der Waals surface area (Å²) in [6.45, 7) is 13.1. The molecule has 10 N–H and O–H groups in total. The molecule has 6 aliphatic heterocycles. The number of benzene rings is 6. The van der Waals surface area contributed by atoms with Crippen LogP contribution in [-0.2, 0) is 107 Å². The number of nitrogens with zero attached hydrogens (tertiary/aromatic N) is 8. The second-order valence-electron chi connectivity index (χ2n) is 32.6. The van der Waals surface area contributed by atoms with Gasteiger partial charge in [-0.25, -0.2) is 26.2 Å². The number of ether oxygens (including phenoxy) is 2. The van der Waals surface area contributed by atoms with Crippen molar-refractivity contribution in [2.45, 2.75) is 180 Å². The number of hydrogen-bond donors (Lipinski definition) is 10. The summed E-state index contributed by atoms with van der Waals surface area (Å²) in [5.41, 5.74) is 0.694. The fraction of sp³-hybridized carbons (Fsp3) is 0.439. The standard InChI is InChI=1S/C82H102N18O16S2/c1-47(83-9)71(101)89-69(81(3,4)5)79(109)97-43-59-39-67(97)77(107)87-63(37-51-21-27-53-17-13-15-19-55(53)33-51)73(103)85-65(75(105)93-117(11,111)112)35-49-25-31-62(32-26-49)116-46-58-42-100(96-92-58)60-40-68(98(44-60)80(110)70(82(6,7)8)90-72(102)48(2)84-10)78(108)88-64(38-52-22-28-54-18-14-16-20-56(54)34-52)74(104)86-66(76(106)94-118(12,113)114)36-50-23-29-61(30-24-50)115-45-57-41-99(59)95-91-57/h13-34,41-42,47-48,59-60,63-70,83-84H,35-40,43-46H2,1-12H3,(H,85,103)(H,86,104)(H,87,107)(H,88,108)(H,89,101)(H,90,102)(H,93,105)(H,94,106)/t47-,48-,59-,60-,63-,64-,65-,66-,67-,68-,69+,70+/m0/s1. The third-order valence-electron chi connectivity index (χ3n) is 21.2. The lowest BCUT2D eigenvalue weighted by atomic mass is 9.85. The van der Waals surface area contributed by atoms with E-state index in [1.165, 1.54) is 19.2 Å². The molecule has 12 atom stereocenters. The second kappa shape index (κ2) is 36.8. The Labute approximate surface area is 684 Å². The number of carbonyl (C=O) groups excluding carboxylic acids is 10. The number of fused-ring (bicyclic) bond motifs is 2. The highest BCUT2D eigenvalue weighted by molar-refractivity contribution is 7.89. The van der Waals surface area contributed by atoms with E-state index < -0.39 is 162 Å². The van der Waals surface area contributed by atoms with E-state index in [1.807, 2.05) is 82.2 Å². The third kappa shape index (κ3) is 22.5. The number of sulfonamides is 2. The third-order valence-corrected chi connectivity index (χ3v) is 22.3. The monoisotopic (exact) mass is 1660 g/mol. The Morgan fingerprint density at radius 1 is 0.492 bits per heavy atom. The summed E-state index contributed by atoms with van der Waals surface area (Å²) in [5, 5.41) is 43.8. The molecule has 628 valence electrons. The van der Waals surface area contributed by atoms with Crippen molar-refractivity contribution >= 4 is 101 Å². The summed E-state index contributed by atoms with van der Waals surface area (Å²) < 4.78 is 70.6. The van der Waals surface area contributed by atoms with Gasteiger partial charge >= 0.3 is 0 Å². The molecule has 2 fully saturated rings. The van der Waals surface area contributed by atoms with Crippen LogP contribution in [0.3, 0.4) is 0 Å². The molecule has 14 rings (SSSR count). The zero-order chi connectivity index (χ0) is 85.3. The SMILES string of the molecule is CN[C@@H](C)C(=O)N[C@H](C(=O)N1C[C@@H]2C[C@H]1C(=O)N[C@@H](Cc1ccc3ccccc3c1)C(=O)N[C@H](C(=O)NS(C)(=O)=O)Cc1ccc(cc1)OCc1cn(nn1)[C@H]1C[C@@H](C(=O)N[C@@H](Cc3ccc4ccccc4c3)C(=O)N[C@H](C(=O)NS(C)(=O)=O)Cc3ccc(cc3)OCc3cn2nn3)N(C(=O)[C@@H](NC(=O)[C@H](C)NC)C(C)(C)C)C1)C(C)(C)C. The van der Waals surface area contributed by atoms with Crippen LogP contribution in [0, 0.1) is 10.8 Å². The predicted molar refractivity (Wildman–Crippen MR) is 436 cm³/mol. The van der Waals surface area contributed by atoms with Crippen LogP contribution in [0.5, 0.6) is 11.5 Å². The molecule has 8 heterocycles. The van der Waals surface area contributed by atoms with E-state index in [0.29, 0.717) is 33.6 Å². The van der Waals surface area contributed by atoms with Gasteiger partial charge in [-0.3, -0.25) is 57.4 Å². The van der Waals surface area contributed by atoms with Gasteiger partial charge in [0.25, 0.3) is 11.8 Å². The molecule has 0 unspecified atom stereocenters. The van der Waals surface area contributed by atoms with Crippen LogP contribution in [0.25, 0.3) is 21.5 Å². The van der Waals surface area contributed by atoms with Gasteiger partial charge < -0.3 is 61.8 Å². The first-order chi connectivity index (χ1) is 55.8. The molecule has 2 aromatic heterocycles. The summed E-state index contributed by atoms with van der Waals surface area (Å²) in [6.07, 6.45) is 3.56. The Morgan fingerprint density at radius 2 is 0.847 bits per heavy atom. The van der Waals surface area contributed by atoms with Gasteiger partial charge in [0.05, 0.1) is 49.1 Å². The van der Waals surface area contributed by atoms with Gasteiger partial charge in [0.15, 0.2) is 0 Å². The summed E-state index contributed by atoms with van der Waals surface area (Å²) in [6, 6.07) is 24.2. The summed E-state index contributed by atoms with van der Waals surface area (Å²) in [5.74, 6) is -7.27. The van der Waals surface area contributed by atoms with Crippen molar-refractivity contribution in [2.75, 3.05) is 39.7 Å². The van der Waals surface area contributed by atoms with Crippen molar-refractivity contribution in [3.05, 3.63) is 179 Å². The van der Waals surface area contributed by atoms with Crippen molar-refractivity contribution in [1.29, 1.82) is 0 Å². The first kappa shape index (κ1) is 87.1.